The number of thiocarbonyl (C=S) groups is 1. The summed E-state index contributed by atoms with van der Waals surface area (Å²) in [6, 6.07) is 12.6. The number of hydrogen-bond donors (Lipinski definition) is 2. The first-order valence-electron chi connectivity index (χ1n) is 10.8. The second-order valence-electron chi connectivity index (χ2n) is 7.74. The highest BCUT2D eigenvalue weighted by Crippen LogP contribution is 2.27. The fourth-order valence-electron chi connectivity index (χ4n) is 3.85. The van der Waals surface area contributed by atoms with Crippen LogP contribution >= 0.6 is 28.1 Å². The van der Waals surface area contributed by atoms with E-state index in [1.807, 2.05) is 31.0 Å². The highest BCUT2D eigenvalue weighted by molar-refractivity contribution is 9.10. The Hall–Kier alpha value is -2.45. The van der Waals surface area contributed by atoms with Crippen LogP contribution in [0.3, 0.4) is 0 Å². The molecule has 1 fully saturated rings. The monoisotopic (exact) mass is 517 g/mol. The van der Waals surface area contributed by atoms with Gasteiger partial charge in [0.25, 0.3) is 11.8 Å². The zero-order valence-corrected chi connectivity index (χ0v) is 20.7. The van der Waals surface area contributed by atoms with Crippen molar-refractivity contribution >= 4 is 50.8 Å². The molecule has 0 bridgehead atoms. The average Bonchev–Trinajstić information content (AvgIpc) is 2.80. The Bertz CT molecular complexity index is 992. The topological polar surface area (TPSA) is 70.7 Å². The minimum absolute atomic E-state index is 0.0513. The molecule has 0 spiro atoms. The van der Waals surface area contributed by atoms with Crippen LogP contribution in [0.4, 0.5) is 5.69 Å². The van der Waals surface area contributed by atoms with Gasteiger partial charge < -0.3 is 15.0 Å². The number of hydrogen-bond acceptors (Lipinski definition) is 4. The third kappa shape index (κ3) is 6.07. The number of rotatable bonds is 6. The Morgan fingerprint density at radius 3 is 2.56 bits per heavy atom. The van der Waals surface area contributed by atoms with E-state index in [9.17, 15) is 9.59 Å². The SMILES string of the molecule is CCOc1ccc(C(=O)NC(=S)Nc2ccccc2C(=O)N(C)C2CCCCC2)cc1Br. The minimum atomic E-state index is -0.352. The molecule has 2 aromatic carbocycles. The zero-order valence-electron chi connectivity index (χ0n) is 18.3. The molecule has 0 aliphatic heterocycles. The van der Waals surface area contributed by atoms with Crippen molar-refractivity contribution in [3.05, 3.63) is 58.1 Å². The lowest BCUT2D eigenvalue weighted by Crippen LogP contribution is -2.39. The van der Waals surface area contributed by atoms with Gasteiger partial charge in [0, 0.05) is 18.7 Å². The molecule has 170 valence electrons. The molecule has 2 amide bonds. The van der Waals surface area contributed by atoms with Gasteiger partial charge >= 0.3 is 0 Å². The summed E-state index contributed by atoms with van der Waals surface area (Å²) in [4.78, 5) is 27.6. The first kappa shape index (κ1) is 24.2. The molecule has 0 unspecified atom stereocenters. The standard InChI is InChI=1S/C24H28BrN3O3S/c1-3-31-21-14-13-16(15-19(21)25)22(29)27-24(32)26-20-12-8-7-11-18(20)23(30)28(2)17-9-5-4-6-10-17/h7-8,11-15,17H,3-6,9-10H2,1-2H3,(H2,26,27,29,32). The number of halogens is 1. The summed E-state index contributed by atoms with van der Waals surface area (Å²) in [5.41, 5.74) is 1.53. The number of ether oxygens (including phenoxy) is 1. The smallest absolute Gasteiger partial charge is 0.257 e. The number of nitrogens with one attached hydrogen (secondary N) is 2. The summed E-state index contributed by atoms with van der Waals surface area (Å²) in [5.74, 6) is 0.262. The first-order chi connectivity index (χ1) is 15.4. The largest absolute Gasteiger partial charge is 0.493 e. The van der Waals surface area contributed by atoms with Gasteiger partial charge in [-0.2, -0.15) is 0 Å². The molecule has 1 aliphatic carbocycles. The van der Waals surface area contributed by atoms with Crippen molar-refractivity contribution in [1.29, 1.82) is 0 Å². The van der Waals surface area contributed by atoms with Crippen molar-refractivity contribution in [3.63, 3.8) is 0 Å². The third-order valence-corrected chi connectivity index (χ3v) is 6.39. The molecule has 0 aromatic heterocycles. The van der Waals surface area contributed by atoms with Crippen LogP contribution in [0.1, 0.15) is 59.7 Å². The Kier molecular flexibility index (Phi) is 8.64. The number of amides is 2. The summed E-state index contributed by atoms with van der Waals surface area (Å²) in [7, 11) is 1.86. The van der Waals surface area contributed by atoms with Crippen LogP contribution in [0, 0.1) is 0 Å². The number of benzene rings is 2. The van der Waals surface area contributed by atoms with Gasteiger partial charge in [-0.1, -0.05) is 31.4 Å². The van der Waals surface area contributed by atoms with Gasteiger partial charge in [-0.25, -0.2) is 0 Å². The maximum absolute atomic E-state index is 13.2. The zero-order chi connectivity index (χ0) is 23.1. The molecule has 0 atom stereocenters. The van der Waals surface area contributed by atoms with Crippen molar-refractivity contribution in [1.82, 2.24) is 10.2 Å². The molecule has 0 saturated heterocycles. The molecule has 1 aliphatic rings. The van der Waals surface area contributed by atoms with Crippen LogP contribution in [-0.4, -0.2) is 41.5 Å². The van der Waals surface area contributed by atoms with E-state index >= 15 is 0 Å². The Morgan fingerprint density at radius 2 is 1.88 bits per heavy atom. The van der Waals surface area contributed by atoms with E-state index in [1.54, 1.807) is 30.3 Å². The second-order valence-corrected chi connectivity index (χ2v) is 9.00. The van der Waals surface area contributed by atoms with Crippen molar-refractivity contribution in [2.75, 3.05) is 19.0 Å². The lowest BCUT2D eigenvalue weighted by Gasteiger charge is -2.31. The molecule has 3 rings (SSSR count). The van der Waals surface area contributed by atoms with Gasteiger partial charge in [-0.05, 0) is 78.2 Å². The fourth-order valence-corrected chi connectivity index (χ4v) is 4.54. The van der Waals surface area contributed by atoms with Gasteiger partial charge in [0.05, 0.1) is 22.3 Å². The third-order valence-electron chi connectivity index (χ3n) is 5.57. The van der Waals surface area contributed by atoms with Crippen molar-refractivity contribution in [2.45, 2.75) is 45.1 Å². The summed E-state index contributed by atoms with van der Waals surface area (Å²) in [6.07, 6.45) is 5.60. The van der Waals surface area contributed by atoms with Crippen LogP contribution in [0.15, 0.2) is 46.9 Å². The highest BCUT2D eigenvalue weighted by atomic mass is 79.9. The number of carbonyl (C=O) groups is 2. The van der Waals surface area contributed by atoms with E-state index in [-0.39, 0.29) is 23.0 Å². The van der Waals surface area contributed by atoms with Gasteiger partial charge in [0.15, 0.2) is 5.11 Å². The van der Waals surface area contributed by atoms with Gasteiger partial charge in [0.2, 0.25) is 0 Å². The van der Waals surface area contributed by atoms with Gasteiger partial charge in [0.1, 0.15) is 5.75 Å². The van der Waals surface area contributed by atoms with Gasteiger partial charge in [-0.15, -0.1) is 0 Å². The van der Waals surface area contributed by atoms with E-state index in [4.69, 9.17) is 17.0 Å². The predicted molar refractivity (Wildman–Crippen MR) is 134 cm³/mol. The van der Waals surface area contributed by atoms with E-state index in [1.165, 1.54) is 6.42 Å². The Labute approximate surface area is 202 Å². The lowest BCUT2D eigenvalue weighted by atomic mass is 9.94. The normalized spacial score (nSPS) is 13.8. The molecule has 8 heteroatoms. The Morgan fingerprint density at radius 1 is 1.16 bits per heavy atom. The van der Waals surface area contributed by atoms with Crippen molar-refractivity contribution in [3.8, 4) is 5.75 Å². The van der Waals surface area contributed by atoms with Crippen LogP contribution in [0.25, 0.3) is 0 Å². The Balaban J connectivity index is 1.67. The molecule has 1 saturated carbocycles. The molecule has 2 aromatic rings. The summed E-state index contributed by atoms with van der Waals surface area (Å²) in [6.45, 7) is 2.43. The molecule has 6 nitrogen and oxygen atoms in total. The summed E-state index contributed by atoms with van der Waals surface area (Å²) >= 11 is 8.76. The van der Waals surface area contributed by atoms with Crippen LogP contribution in [-0.2, 0) is 0 Å². The number of nitrogens with zero attached hydrogens (tertiary/aromatic N) is 1. The van der Waals surface area contributed by atoms with E-state index in [0.29, 0.717) is 33.6 Å². The minimum Gasteiger partial charge on any atom is -0.493 e. The molecular formula is C24H28BrN3O3S. The molecule has 0 heterocycles. The number of anilines is 1. The summed E-state index contributed by atoms with van der Waals surface area (Å²) < 4.78 is 6.17. The number of para-hydroxylation sites is 1. The maximum atomic E-state index is 13.2. The molecule has 2 N–H and O–H groups in total. The quantitative estimate of drug-likeness (QED) is 0.503. The van der Waals surface area contributed by atoms with E-state index in [0.717, 1.165) is 25.7 Å². The van der Waals surface area contributed by atoms with E-state index in [2.05, 4.69) is 26.6 Å². The average molecular weight is 518 g/mol. The van der Waals surface area contributed by atoms with Crippen molar-refractivity contribution < 1.29 is 14.3 Å². The van der Waals surface area contributed by atoms with E-state index < -0.39 is 0 Å². The molecule has 0 radical (unpaired) electrons. The lowest BCUT2D eigenvalue weighted by molar-refractivity contribution is 0.0697. The van der Waals surface area contributed by atoms with Crippen LogP contribution in [0.5, 0.6) is 5.75 Å². The highest BCUT2D eigenvalue weighted by Gasteiger charge is 2.24. The first-order valence-corrected chi connectivity index (χ1v) is 12.0. The number of carbonyl (C=O) groups excluding carboxylic acids is 2. The van der Waals surface area contributed by atoms with Crippen LogP contribution < -0.4 is 15.4 Å². The predicted octanol–water partition coefficient (Wildman–Crippen LogP) is 5.38. The molecule has 32 heavy (non-hydrogen) atoms. The fraction of sp³-hybridized carbons (Fsp3) is 0.375. The van der Waals surface area contributed by atoms with Gasteiger partial charge in [-0.3, -0.25) is 14.9 Å². The maximum Gasteiger partial charge on any atom is 0.257 e. The van der Waals surface area contributed by atoms with Crippen LogP contribution in [0.2, 0.25) is 0 Å². The molecular weight excluding hydrogens is 490 g/mol. The second kappa shape index (κ2) is 11.4. The summed E-state index contributed by atoms with van der Waals surface area (Å²) in [5, 5.41) is 5.81. The van der Waals surface area contributed by atoms with Crippen molar-refractivity contribution in [2.24, 2.45) is 0 Å².